The molecule has 0 heteroatoms. The van der Waals surface area contributed by atoms with E-state index in [-0.39, 0.29) is 0 Å². The predicted octanol–water partition coefficient (Wildman–Crippen LogP) is 6.31. The summed E-state index contributed by atoms with van der Waals surface area (Å²) < 4.78 is 0. The van der Waals surface area contributed by atoms with Crippen molar-refractivity contribution in [2.24, 2.45) is 10.8 Å². The van der Waals surface area contributed by atoms with Crippen LogP contribution >= 0.6 is 0 Å². The Labute approximate surface area is 115 Å². The van der Waals surface area contributed by atoms with E-state index in [4.69, 9.17) is 0 Å². The van der Waals surface area contributed by atoms with E-state index in [1.807, 2.05) is 12.2 Å². The molecule has 0 aliphatic heterocycles. The Bertz CT molecular complexity index is 266. The maximum Gasteiger partial charge on any atom is -0.0299 e. The van der Waals surface area contributed by atoms with Gasteiger partial charge in [-0.1, -0.05) is 52.0 Å². The fraction of sp³-hybridized carbons (Fsp3) is 0.667. The Morgan fingerprint density at radius 3 is 2.17 bits per heavy atom. The van der Waals surface area contributed by atoms with E-state index >= 15 is 0 Å². The Balaban J connectivity index is 0.000000327. The van der Waals surface area contributed by atoms with Gasteiger partial charge in [0.2, 0.25) is 0 Å². The Kier molecular flexibility index (Phi) is 7.98. The molecular formula is C18H32. The third-order valence-corrected chi connectivity index (χ3v) is 3.55. The third kappa shape index (κ3) is 9.27. The topological polar surface area (TPSA) is 0 Å². The number of hydrogen-bond donors (Lipinski definition) is 0. The van der Waals surface area contributed by atoms with Crippen LogP contribution in [0.5, 0.6) is 0 Å². The second-order valence-corrected chi connectivity index (χ2v) is 6.86. The SMILES string of the molecule is C=CCCC(C)(C)CC=C.CC1(C)CC=CCC1. The van der Waals surface area contributed by atoms with Crippen molar-refractivity contribution in [2.75, 3.05) is 0 Å². The van der Waals surface area contributed by atoms with Gasteiger partial charge in [0.15, 0.2) is 0 Å². The highest BCUT2D eigenvalue weighted by atomic mass is 14.2. The van der Waals surface area contributed by atoms with Crippen molar-refractivity contribution >= 4 is 0 Å². The monoisotopic (exact) mass is 248 g/mol. The van der Waals surface area contributed by atoms with E-state index in [0.29, 0.717) is 10.8 Å². The van der Waals surface area contributed by atoms with Crippen LogP contribution in [0.15, 0.2) is 37.5 Å². The first-order chi connectivity index (χ1) is 8.33. The molecule has 0 aromatic carbocycles. The summed E-state index contributed by atoms with van der Waals surface area (Å²) in [5, 5.41) is 0. The normalized spacial score (nSPS) is 17.6. The predicted molar refractivity (Wildman–Crippen MR) is 84.8 cm³/mol. The summed E-state index contributed by atoms with van der Waals surface area (Å²) in [6.45, 7) is 16.6. The van der Waals surface area contributed by atoms with Gasteiger partial charge < -0.3 is 0 Å². The zero-order valence-corrected chi connectivity index (χ0v) is 13.0. The maximum atomic E-state index is 3.73. The standard InChI is InChI=1S/C10H18.C8H14/c1-5-7-9-10(3,4)8-6-2;1-8(2)6-4-3-5-7-8/h5-6H,1-2,7-9H2,3-4H3;3-4H,5-7H2,1-2H3. The smallest absolute Gasteiger partial charge is 0.0299 e. The molecule has 0 saturated heterocycles. The van der Waals surface area contributed by atoms with Crippen LogP contribution in [0, 0.1) is 10.8 Å². The fourth-order valence-corrected chi connectivity index (χ4v) is 2.08. The zero-order chi connectivity index (χ0) is 14.1. The molecule has 0 amide bonds. The average molecular weight is 248 g/mol. The van der Waals surface area contributed by atoms with Crippen LogP contribution in [0.2, 0.25) is 0 Å². The van der Waals surface area contributed by atoms with Crippen LogP contribution in [0.1, 0.15) is 66.2 Å². The van der Waals surface area contributed by atoms with Crippen molar-refractivity contribution < 1.29 is 0 Å². The molecule has 18 heavy (non-hydrogen) atoms. The van der Waals surface area contributed by atoms with Crippen LogP contribution in [-0.2, 0) is 0 Å². The van der Waals surface area contributed by atoms with E-state index in [1.165, 1.54) is 25.7 Å². The van der Waals surface area contributed by atoms with Gasteiger partial charge in [-0.25, -0.2) is 0 Å². The van der Waals surface area contributed by atoms with Gasteiger partial charge in [0.1, 0.15) is 0 Å². The summed E-state index contributed by atoms with van der Waals surface area (Å²) in [7, 11) is 0. The maximum absolute atomic E-state index is 3.73. The van der Waals surface area contributed by atoms with Gasteiger partial charge in [0, 0.05) is 0 Å². The Morgan fingerprint density at radius 1 is 1.17 bits per heavy atom. The molecule has 0 nitrogen and oxygen atoms in total. The summed E-state index contributed by atoms with van der Waals surface area (Å²) in [5.74, 6) is 0. The lowest BCUT2D eigenvalue weighted by Crippen LogP contribution is -2.11. The highest BCUT2D eigenvalue weighted by Gasteiger charge is 2.16. The fourth-order valence-electron chi connectivity index (χ4n) is 2.08. The quantitative estimate of drug-likeness (QED) is 0.500. The van der Waals surface area contributed by atoms with Crippen molar-refractivity contribution in [2.45, 2.75) is 66.2 Å². The lowest BCUT2D eigenvalue weighted by molar-refractivity contribution is 0.331. The number of allylic oxidation sites excluding steroid dienone is 4. The van der Waals surface area contributed by atoms with Crippen LogP contribution in [0.4, 0.5) is 0 Å². The van der Waals surface area contributed by atoms with Crippen LogP contribution in [0.25, 0.3) is 0 Å². The van der Waals surface area contributed by atoms with Crippen molar-refractivity contribution in [3.8, 4) is 0 Å². The molecule has 0 N–H and O–H groups in total. The molecule has 0 fully saturated rings. The minimum absolute atomic E-state index is 0.413. The number of rotatable bonds is 5. The molecule has 1 aliphatic rings. The van der Waals surface area contributed by atoms with E-state index in [0.717, 1.165) is 12.8 Å². The molecule has 0 spiro atoms. The van der Waals surface area contributed by atoms with Gasteiger partial charge in [0.05, 0.1) is 0 Å². The van der Waals surface area contributed by atoms with Crippen molar-refractivity contribution in [1.82, 2.24) is 0 Å². The van der Waals surface area contributed by atoms with Crippen LogP contribution in [0.3, 0.4) is 0 Å². The Morgan fingerprint density at radius 2 is 1.83 bits per heavy atom. The molecule has 1 aliphatic carbocycles. The largest absolute Gasteiger partial charge is 0.103 e. The minimum atomic E-state index is 0.413. The highest BCUT2D eigenvalue weighted by Crippen LogP contribution is 2.30. The van der Waals surface area contributed by atoms with E-state index < -0.39 is 0 Å². The molecule has 0 bridgehead atoms. The van der Waals surface area contributed by atoms with Crippen molar-refractivity contribution in [3.63, 3.8) is 0 Å². The summed E-state index contributed by atoms with van der Waals surface area (Å²) in [5.41, 5.74) is 1.00. The van der Waals surface area contributed by atoms with Gasteiger partial charge in [-0.3, -0.25) is 0 Å². The summed E-state index contributed by atoms with van der Waals surface area (Å²) in [4.78, 5) is 0. The number of hydrogen-bond acceptors (Lipinski definition) is 0. The van der Waals surface area contributed by atoms with Gasteiger partial charge in [0.25, 0.3) is 0 Å². The van der Waals surface area contributed by atoms with Crippen molar-refractivity contribution in [3.05, 3.63) is 37.5 Å². The lowest BCUT2D eigenvalue weighted by atomic mass is 9.81. The van der Waals surface area contributed by atoms with Gasteiger partial charge >= 0.3 is 0 Å². The minimum Gasteiger partial charge on any atom is -0.103 e. The van der Waals surface area contributed by atoms with Gasteiger partial charge in [-0.2, -0.15) is 0 Å². The molecule has 0 unspecified atom stereocenters. The second-order valence-electron chi connectivity index (χ2n) is 6.86. The molecule has 104 valence electrons. The molecular weight excluding hydrogens is 216 g/mol. The van der Waals surface area contributed by atoms with E-state index in [2.05, 4.69) is 53.0 Å². The summed E-state index contributed by atoms with van der Waals surface area (Å²) in [6, 6.07) is 0. The van der Waals surface area contributed by atoms with Crippen LogP contribution < -0.4 is 0 Å². The molecule has 0 heterocycles. The molecule has 0 aromatic rings. The molecule has 0 saturated carbocycles. The highest BCUT2D eigenvalue weighted by molar-refractivity contribution is 4.93. The first-order valence-electron chi connectivity index (χ1n) is 7.20. The third-order valence-electron chi connectivity index (χ3n) is 3.55. The first-order valence-corrected chi connectivity index (χ1v) is 7.20. The zero-order valence-electron chi connectivity index (χ0n) is 13.0. The molecule has 0 atom stereocenters. The molecule has 1 rings (SSSR count). The second kappa shape index (κ2) is 8.34. The first kappa shape index (κ1) is 17.2. The lowest BCUT2D eigenvalue weighted by Gasteiger charge is -2.24. The summed E-state index contributed by atoms with van der Waals surface area (Å²) in [6.07, 6.45) is 15.9. The van der Waals surface area contributed by atoms with Crippen LogP contribution in [-0.4, -0.2) is 0 Å². The van der Waals surface area contributed by atoms with E-state index in [9.17, 15) is 0 Å². The average Bonchev–Trinajstić information content (AvgIpc) is 2.27. The Hall–Kier alpha value is -0.780. The van der Waals surface area contributed by atoms with Gasteiger partial charge in [-0.15, -0.1) is 13.2 Å². The molecule has 0 radical (unpaired) electrons. The van der Waals surface area contributed by atoms with E-state index in [1.54, 1.807) is 0 Å². The molecule has 0 aromatic heterocycles. The van der Waals surface area contributed by atoms with Gasteiger partial charge in [-0.05, 0) is 49.4 Å². The summed E-state index contributed by atoms with van der Waals surface area (Å²) >= 11 is 0. The van der Waals surface area contributed by atoms with Crippen molar-refractivity contribution in [1.29, 1.82) is 0 Å².